The van der Waals surface area contributed by atoms with E-state index in [2.05, 4.69) is 0 Å². The summed E-state index contributed by atoms with van der Waals surface area (Å²) in [5.41, 5.74) is 0. The summed E-state index contributed by atoms with van der Waals surface area (Å²) < 4.78 is 27.1. The first-order chi connectivity index (χ1) is 8.69. The van der Waals surface area contributed by atoms with Crippen LogP contribution in [0.5, 0.6) is 0 Å². The van der Waals surface area contributed by atoms with Crippen molar-refractivity contribution < 1.29 is 27.9 Å². The molecule has 0 spiro atoms. The largest absolute Gasteiger partial charge is 0.479 e. The van der Waals surface area contributed by atoms with Gasteiger partial charge in [0.15, 0.2) is 6.10 Å². The van der Waals surface area contributed by atoms with Gasteiger partial charge in [0.05, 0.1) is 18.4 Å². The van der Waals surface area contributed by atoms with E-state index in [4.69, 9.17) is 9.84 Å². The number of morpholine rings is 1. The van der Waals surface area contributed by atoms with Gasteiger partial charge in [0, 0.05) is 19.2 Å². The fourth-order valence-electron chi connectivity index (χ4n) is 1.94. The zero-order valence-corrected chi connectivity index (χ0v) is 11.9. The van der Waals surface area contributed by atoms with Gasteiger partial charge >= 0.3 is 5.97 Å². The van der Waals surface area contributed by atoms with Crippen LogP contribution in [-0.2, 0) is 24.2 Å². The molecule has 1 amide bonds. The predicted molar refractivity (Wildman–Crippen MR) is 67.5 cm³/mol. The van der Waals surface area contributed by atoms with Crippen LogP contribution in [0.25, 0.3) is 0 Å². The molecule has 0 aromatic carbocycles. The lowest BCUT2D eigenvalue weighted by atomic mass is 10.2. The molecular weight excluding hydrogens is 274 g/mol. The van der Waals surface area contributed by atoms with Gasteiger partial charge in [-0.1, -0.05) is 0 Å². The van der Waals surface area contributed by atoms with Crippen LogP contribution in [0.1, 0.15) is 19.8 Å². The number of rotatable bonds is 5. The lowest BCUT2D eigenvalue weighted by molar-refractivity contribution is -0.166. The number of sulfone groups is 1. The van der Waals surface area contributed by atoms with Crippen LogP contribution < -0.4 is 0 Å². The Bertz CT molecular complexity index is 446. The van der Waals surface area contributed by atoms with Gasteiger partial charge in [0.25, 0.3) is 0 Å². The third-order valence-corrected chi connectivity index (χ3v) is 3.82. The van der Waals surface area contributed by atoms with Crippen molar-refractivity contribution in [2.45, 2.75) is 32.0 Å². The zero-order valence-electron chi connectivity index (χ0n) is 11.0. The highest BCUT2D eigenvalue weighted by Gasteiger charge is 2.32. The Balaban J connectivity index is 2.49. The maximum Gasteiger partial charge on any atom is 0.334 e. The number of carbonyl (C=O) groups is 2. The first-order valence-electron chi connectivity index (χ1n) is 6.03. The predicted octanol–water partition coefficient (Wildman–Crippen LogP) is -0.488. The summed E-state index contributed by atoms with van der Waals surface area (Å²) in [7, 11) is -3.08. The molecule has 0 bridgehead atoms. The standard InChI is InChI=1S/C11H19NO6S/c1-8-6-12(7-9(18-8)11(14)15)10(13)4-3-5-19(2,16)17/h8-9H,3-7H2,1-2H3,(H,14,15)/t8-,9?/m1/s1. The van der Waals surface area contributed by atoms with Crippen LogP contribution in [-0.4, -0.2) is 67.6 Å². The third kappa shape index (κ3) is 5.56. The van der Waals surface area contributed by atoms with Crippen molar-refractivity contribution in [3.8, 4) is 0 Å². The SMILES string of the molecule is C[C@@H]1CN(C(=O)CCCS(C)(=O)=O)CC(C(=O)O)O1. The number of amides is 1. The van der Waals surface area contributed by atoms with Gasteiger partial charge in [0.1, 0.15) is 9.84 Å². The molecule has 1 aliphatic rings. The Hall–Kier alpha value is -1.15. The highest BCUT2D eigenvalue weighted by molar-refractivity contribution is 7.90. The summed E-state index contributed by atoms with van der Waals surface area (Å²) in [6.45, 7) is 2.05. The first kappa shape index (κ1) is 15.9. The minimum absolute atomic E-state index is 0.0113. The van der Waals surface area contributed by atoms with Crippen LogP contribution in [0, 0.1) is 0 Å². The molecule has 0 aliphatic carbocycles. The van der Waals surface area contributed by atoms with Gasteiger partial charge in [-0.25, -0.2) is 13.2 Å². The molecule has 2 atom stereocenters. The van der Waals surface area contributed by atoms with E-state index >= 15 is 0 Å². The normalized spacial score (nSPS) is 24.2. The van der Waals surface area contributed by atoms with Crippen molar-refractivity contribution in [1.29, 1.82) is 0 Å². The van der Waals surface area contributed by atoms with Gasteiger partial charge in [-0.2, -0.15) is 0 Å². The fraction of sp³-hybridized carbons (Fsp3) is 0.818. The van der Waals surface area contributed by atoms with Crippen molar-refractivity contribution in [3.05, 3.63) is 0 Å². The second-order valence-corrected chi connectivity index (χ2v) is 7.07. The van der Waals surface area contributed by atoms with Crippen LogP contribution in [0.3, 0.4) is 0 Å². The quantitative estimate of drug-likeness (QED) is 0.734. The van der Waals surface area contributed by atoms with E-state index in [1.807, 2.05) is 0 Å². The smallest absolute Gasteiger partial charge is 0.334 e. The van der Waals surface area contributed by atoms with Gasteiger partial charge in [-0.3, -0.25) is 4.79 Å². The topological polar surface area (TPSA) is 101 Å². The molecule has 1 aliphatic heterocycles. The van der Waals surface area contributed by atoms with Crippen LogP contribution in [0.2, 0.25) is 0 Å². The molecule has 1 saturated heterocycles. The van der Waals surface area contributed by atoms with Crippen molar-refractivity contribution in [2.75, 3.05) is 25.1 Å². The Morgan fingerprint density at radius 2 is 2.00 bits per heavy atom. The van der Waals surface area contributed by atoms with Crippen molar-refractivity contribution in [3.63, 3.8) is 0 Å². The minimum atomic E-state index is -3.08. The van der Waals surface area contributed by atoms with Gasteiger partial charge in [-0.15, -0.1) is 0 Å². The Morgan fingerprint density at radius 1 is 1.37 bits per heavy atom. The second-order valence-electron chi connectivity index (χ2n) is 4.81. The van der Waals surface area contributed by atoms with Crippen LogP contribution >= 0.6 is 0 Å². The molecule has 1 fully saturated rings. The van der Waals surface area contributed by atoms with E-state index in [0.29, 0.717) is 6.54 Å². The summed E-state index contributed by atoms with van der Waals surface area (Å²) in [6, 6.07) is 0. The molecule has 0 saturated carbocycles. The molecule has 1 N–H and O–H groups in total. The molecule has 110 valence electrons. The molecule has 0 radical (unpaired) electrons. The van der Waals surface area contributed by atoms with E-state index in [0.717, 1.165) is 6.26 Å². The van der Waals surface area contributed by atoms with Gasteiger partial charge in [-0.05, 0) is 13.3 Å². The number of nitrogens with zero attached hydrogens (tertiary/aromatic N) is 1. The molecule has 0 aromatic rings. The van der Waals surface area contributed by atoms with Gasteiger partial charge < -0.3 is 14.7 Å². The molecule has 1 unspecified atom stereocenters. The summed E-state index contributed by atoms with van der Waals surface area (Å²) in [6.07, 6.45) is 0.124. The summed E-state index contributed by atoms with van der Waals surface area (Å²) in [5, 5.41) is 8.90. The molecule has 1 rings (SSSR count). The summed E-state index contributed by atoms with van der Waals surface area (Å²) in [5.74, 6) is -1.37. The maximum absolute atomic E-state index is 11.9. The third-order valence-electron chi connectivity index (χ3n) is 2.79. The maximum atomic E-state index is 11.9. The molecule has 7 nitrogen and oxygen atoms in total. The highest BCUT2D eigenvalue weighted by atomic mass is 32.2. The van der Waals surface area contributed by atoms with E-state index < -0.39 is 21.9 Å². The van der Waals surface area contributed by atoms with Gasteiger partial charge in [0.2, 0.25) is 5.91 Å². The Morgan fingerprint density at radius 3 is 2.53 bits per heavy atom. The number of ether oxygens (including phenoxy) is 1. The Labute approximate surface area is 112 Å². The van der Waals surface area contributed by atoms with E-state index in [-0.39, 0.29) is 37.2 Å². The number of carbonyl (C=O) groups excluding carboxylic acids is 1. The number of carboxylic acid groups (broad SMARTS) is 1. The minimum Gasteiger partial charge on any atom is -0.479 e. The lowest BCUT2D eigenvalue weighted by Gasteiger charge is -2.35. The van der Waals surface area contributed by atoms with Crippen LogP contribution in [0.4, 0.5) is 0 Å². The monoisotopic (exact) mass is 293 g/mol. The molecule has 0 aromatic heterocycles. The first-order valence-corrected chi connectivity index (χ1v) is 8.09. The second kappa shape index (κ2) is 6.33. The fourth-order valence-corrected chi connectivity index (χ4v) is 2.60. The average molecular weight is 293 g/mol. The van der Waals surface area contributed by atoms with E-state index in [1.165, 1.54) is 4.90 Å². The number of hydrogen-bond donors (Lipinski definition) is 1. The molecular formula is C11H19NO6S. The zero-order chi connectivity index (χ0) is 14.6. The summed E-state index contributed by atoms with van der Waals surface area (Å²) in [4.78, 5) is 24.2. The average Bonchev–Trinajstić information content (AvgIpc) is 2.26. The molecule has 8 heteroatoms. The summed E-state index contributed by atoms with van der Waals surface area (Å²) >= 11 is 0. The molecule has 1 heterocycles. The van der Waals surface area contributed by atoms with E-state index in [9.17, 15) is 18.0 Å². The van der Waals surface area contributed by atoms with Crippen LogP contribution in [0.15, 0.2) is 0 Å². The molecule has 19 heavy (non-hydrogen) atoms. The van der Waals surface area contributed by atoms with E-state index in [1.54, 1.807) is 6.92 Å². The van der Waals surface area contributed by atoms with Crippen molar-refractivity contribution >= 4 is 21.7 Å². The highest BCUT2D eigenvalue weighted by Crippen LogP contribution is 2.13. The van der Waals surface area contributed by atoms with Crippen molar-refractivity contribution in [2.24, 2.45) is 0 Å². The number of carboxylic acids is 1. The Kier molecular flexibility index (Phi) is 5.30. The number of hydrogen-bond acceptors (Lipinski definition) is 5. The van der Waals surface area contributed by atoms with Crippen molar-refractivity contribution in [1.82, 2.24) is 4.90 Å². The number of aliphatic carboxylic acids is 1. The lowest BCUT2D eigenvalue weighted by Crippen LogP contribution is -2.51.